The molecule has 168 valence electrons. The van der Waals surface area contributed by atoms with Crippen LogP contribution < -0.4 is 5.32 Å². The van der Waals surface area contributed by atoms with E-state index in [0.29, 0.717) is 6.54 Å². The quantitative estimate of drug-likeness (QED) is 0.368. The van der Waals surface area contributed by atoms with Crippen molar-refractivity contribution in [2.24, 2.45) is 5.41 Å². The molecule has 2 aromatic rings. The van der Waals surface area contributed by atoms with E-state index in [-0.39, 0.29) is 0 Å². The lowest BCUT2D eigenvalue weighted by Crippen LogP contribution is -2.27. The number of aromatic nitrogens is 2. The fourth-order valence-corrected chi connectivity index (χ4v) is 3.24. The molecule has 0 aromatic carbocycles. The van der Waals surface area contributed by atoms with E-state index >= 15 is 0 Å². The molecule has 2 heterocycles. The third-order valence-electron chi connectivity index (χ3n) is 5.32. The molecule has 0 unspecified atom stereocenters. The lowest BCUT2D eigenvalue weighted by Gasteiger charge is -2.18. The molecular formula is C28H36N4. The van der Waals surface area contributed by atoms with Crippen LogP contribution in [0.2, 0.25) is 0 Å². The second kappa shape index (κ2) is 11.3. The molecule has 4 nitrogen and oxygen atoms in total. The molecule has 0 atom stereocenters. The average molecular weight is 429 g/mol. The number of hydrogen-bond donors (Lipinski definition) is 2. The van der Waals surface area contributed by atoms with Crippen LogP contribution in [0.5, 0.6) is 0 Å². The van der Waals surface area contributed by atoms with Gasteiger partial charge < -0.3 is 10.3 Å². The van der Waals surface area contributed by atoms with E-state index in [0.717, 1.165) is 58.4 Å². The van der Waals surface area contributed by atoms with Gasteiger partial charge in [-0.05, 0) is 62.5 Å². The lowest BCUT2D eigenvalue weighted by atomic mass is 9.96. The van der Waals surface area contributed by atoms with Gasteiger partial charge in [0.2, 0.25) is 0 Å². The predicted molar refractivity (Wildman–Crippen MR) is 138 cm³/mol. The summed E-state index contributed by atoms with van der Waals surface area (Å²) in [6.07, 6.45) is 13.3. The summed E-state index contributed by atoms with van der Waals surface area (Å²) in [7, 11) is 0. The van der Waals surface area contributed by atoms with Crippen molar-refractivity contribution >= 4 is 22.2 Å². The summed E-state index contributed by atoms with van der Waals surface area (Å²) in [5.74, 6) is 0. The van der Waals surface area contributed by atoms with E-state index in [9.17, 15) is 0 Å². The maximum atomic E-state index is 9.13. The number of hydrogen-bond acceptors (Lipinski definition) is 3. The zero-order valence-corrected chi connectivity index (χ0v) is 20.2. The van der Waals surface area contributed by atoms with Crippen molar-refractivity contribution in [2.45, 2.75) is 53.9 Å². The highest BCUT2D eigenvalue weighted by Crippen LogP contribution is 2.26. The van der Waals surface area contributed by atoms with Crippen LogP contribution in [0.15, 0.2) is 67.1 Å². The maximum Gasteiger partial charge on any atom is 0.137 e. The van der Waals surface area contributed by atoms with E-state index in [1.807, 2.05) is 45.2 Å². The zero-order valence-electron chi connectivity index (χ0n) is 20.2. The highest BCUT2D eigenvalue weighted by Gasteiger charge is 2.16. The summed E-state index contributed by atoms with van der Waals surface area (Å²) in [4.78, 5) is 8.06. The molecule has 0 aliphatic carbocycles. The van der Waals surface area contributed by atoms with Gasteiger partial charge in [-0.25, -0.2) is 4.98 Å². The third-order valence-corrected chi connectivity index (χ3v) is 5.32. The Bertz CT molecular complexity index is 1100. The molecule has 0 saturated carbocycles. The lowest BCUT2D eigenvalue weighted by molar-refractivity contribution is 0.471. The molecule has 0 bridgehead atoms. The van der Waals surface area contributed by atoms with Gasteiger partial charge in [0.25, 0.3) is 0 Å². The second-order valence-corrected chi connectivity index (χ2v) is 8.79. The van der Waals surface area contributed by atoms with Crippen LogP contribution in [0, 0.1) is 16.7 Å². The number of allylic oxidation sites excluding steroid dienone is 7. The Hall–Kier alpha value is -3.32. The summed E-state index contributed by atoms with van der Waals surface area (Å²) in [6.45, 7) is 19.0. The van der Waals surface area contributed by atoms with Crippen LogP contribution >= 0.6 is 0 Å². The number of nitrogens with one attached hydrogen (secondary N) is 2. The van der Waals surface area contributed by atoms with E-state index < -0.39 is 5.41 Å². The van der Waals surface area contributed by atoms with E-state index in [1.54, 1.807) is 0 Å². The standard InChI is InChI=1S/C28H36N4/c1-8-11-23(12-9-2)26-16-24-15-25(17-30-27(24)32-26)21(4)14-10-13-20(3)22(5)31-19-28(6,7)18-29/h10-11,13-17,31H,4-5,8-9,12,19H2,1-3,6-7H3,(H,30,32)/b14-10-,20-13+,23-11+. The monoisotopic (exact) mass is 428 g/mol. The largest absolute Gasteiger partial charge is 0.384 e. The Balaban J connectivity index is 2.10. The van der Waals surface area contributed by atoms with Crippen LogP contribution in [0.25, 0.3) is 22.2 Å². The van der Waals surface area contributed by atoms with Crippen LogP contribution in [0.3, 0.4) is 0 Å². The van der Waals surface area contributed by atoms with Gasteiger partial charge in [0.1, 0.15) is 5.65 Å². The van der Waals surface area contributed by atoms with Gasteiger partial charge in [-0.1, -0.05) is 57.7 Å². The van der Waals surface area contributed by atoms with Crippen molar-refractivity contribution in [2.75, 3.05) is 6.54 Å². The Morgan fingerprint density at radius 2 is 2.03 bits per heavy atom. The van der Waals surface area contributed by atoms with Crippen molar-refractivity contribution in [3.05, 3.63) is 78.3 Å². The van der Waals surface area contributed by atoms with Crippen molar-refractivity contribution in [3.63, 3.8) is 0 Å². The Labute approximate surface area is 193 Å². The first-order valence-electron chi connectivity index (χ1n) is 11.3. The van der Waals surface area contributed by atoms with Gasteiger partial charge in [0.15, 0.2) is 0 Å². The highest BCUT2D eigenvalue weighted by atomic mass is 14.9. The average Bonchev–Trinajstić information content (AvgIpc) is 3.20. The topological polar surface area (TPSA) is 64.5 Å². The Kier molecular flexibility index (Phi) is 8.84. The Morgan fingerprint density at radius 3 is 2.69 bits per heavy atom. The first-order valence-corrected chi connectivity index (χ1v) is 11.3. The Morgan fingerprint density at radius 1 is 1.28 bits per heavy atom. The molecule has 2 N–H and O–H groups in total. The van der Waals surface area contributed by atoms with Crippen molar-refractivity contribution in [1.82, 2.24) is 15.3 Å². The van der Waals surface area contributed by atoms with Gasteiger partial charge in [0.05, 0.1) is 11.5 Å². The van der Waals surface area contributed by atoms with Crippen molar-refractivity contribution < 1.29 is 0 Å². The van der Waals surface area contributed by atoms with Gasteiger partial charge in [-0.2, -0.15) is 5.26 Å². The number of fused-ring (bicyclic) bond motifs is 1. The minimum absolute atomic E-state index is 0.430. The van der Waals surface area contributed by atoms with Gasteiger partial charge in [-0.15, -0.1) is 0 Å². The van der Waals surface area contributed by atoms with Crippen molar-refractivity contribution in [1.29, 1.82) is 5.26 Å². The SMILES string of the molecule is C=C(NCC(C)(C)C#N)/C(C)=C/C=C\C(=C)c1cnc2[nH]c(/C(=C/CC)CCC)cc2c1. The minimum atomic E-state index is -0.430. The smallest absolute Gasteiger partial charge is 0.137 e. The number of aromatic amines is 1. The highest BCUT2D eigenvalue weighted by molar-refractivity contribution is 5.86. The molecule has 32 heavy (non-hydrogen) atoms. The molecular weight excluding hydrogens is 392 g/mol. The molecule has 2 aromatic heterocycles. The molecule has 0 radical (unpaired) electrons. The van der Waals surface area contributed by atoms with Crippen LogP contribution in [0.1, 0.15) is 65.1 Å². The third kappa shape index (κ3) is 6.85. The van der Waals surface area contributed by atoms with Crippen LogP contribution in [-0.4, -0.2) is 16.5 Å². The fraction of sp³-hybridized carbons (Fsp3) is 0.357. The molecule has 0 saturated heterocycles. The van der Waals surface area contributed by atoms with E-state index in [1.165, 1.54) is 5.57 Å². The molecule has 0 aliphatic heterocycles. The predicted octanol–water partition coefficient (Wildman–Crippen LogP) is 7.33. The summed E-state index contributed by atoms with van der Waals surface area (Å²) in [6, 6.07) is 6.60. The molecule has 0 spiro atoms. The van der Waals surface area contributed by atoms with E-state index in [2.05, 4.69) is 66.6 Å². The molecule has 0 fully saturated rings. The number of rotatable bonds is 11. The molecule has 2 rings (SSSR count). The summed E-state index contributed by atoms with van der Waals surface area (Å²) in [5, 5.41) is 13.5. The summed E-state index contributed by atoms with van der Waals surface area (Å²) < 4.78 is 0. The van der Waals surface area contributed by atoms with Crippen LogP contribution in [0.4, 0.5) is 0 Å². The number of nitriles is 1. The summed E-state index contributed by atoms with van der Waals surface area (Å²) in [5.41, 5.74) is 6.69. The first-order chi connectivity index (χ1) is 15.2. The van der Waals surface area contributed by atoms with Gasteiger partial charge >= 0.3 is 0 Å². The second-order valence-electron chi connectivity index (χ2n) is 8.79. The maximum absolute atomic E-state index is 9.13. The van der Waals surface area contributed by atoms with Gasteiger partial charge in [-0.3, -0.25) is 0 Å². The fourth-order valence-electron chi connectivity index (χ4n) is 3.24. The molecule has 0 amide bonds. The van der Waals surface area contributed by atoms with Crippen molar-refractivity contribution in [3.8, 4) is 6.07 Å². The van der Waals surface area contributed by atoms with Gasteiger partial charge in [0, 0.05) is 35.1 Å². The first kappa shape index (κ1) is 24.9. The zero-order chi connectivity index (χ0) is 23.7. The van der Waals surface area contributed by atoms with Crippen LogP contribution in [-0.2, 0) is 0 Å². The summed E-state index contributed by atoms with van der Waals surface area (Å²) >= 11 is 0. The normalized spacial score (nSPS) is 12.9. The molecule has 0 aliphatic rings. The number of H-pyrrole nitrogens is 1. The molecule has 4 heteroatoms. The number of nitrogens with zero attached hydrogens (tertiary/aromatic N) is 2. The van der Waals surface area contributed by atoms with E-state index in [4.69, 9.17) is 5.26 Å². The minimum Gasteiger partial charge on any atom is -0.384 e. The number of pyridine rings is 1.